The number of rotatable bonds is 7. The number of hydrogen-bond donors (Lipinski definition) is 2. The van der Waals surface area contributed by atoms with E-state index in [0.29, 0.717) is 0 Å². The number of amidine groups is 1. The minimum Gasteiger partial charge on any atom is -0.384 e. The van der Waals surface area contributed by atoms with Gasteiger partial charge >= 0.3 is 0 Å². The van der Waals surface area contributed by atoms with Gasteiger partial charge in [0.15, 0.2) is 0 Å². The highest BCUT2D eigenvalue weighted by atomic mass is 16.5. The van der Waals surface area contributed by atoms with Crippen LogP contribution in [0.3, 0.4) is 0 Å². The van der Waals surface area contributed by atoms with E-state index in [2.05, 4.69) is 18.9 Å². The fraction of sp³-hybridized carbons (Fsp3) is 0.500. The summed E-state index contributed by atoms with van der Waals surface area (Å²) in [6, 6.07) is 5.92. The Morgan fingerprint density at radius 2 is 2.17 bits per heavy atom. The van der Waals surface area contributed by atoms with Gasteiger partial charge in [-0.1, -0.05) is 12.1 Å². The van der Waals surface area contributed by atoms with Crippen molar-refractivity contribution in [2.24, 2.45) is 5.73 Å². The summed E-state index contributed by atoms with van der Waals surface area (Å²) < 4.78 is 5.34. The Hall–Kier alpha value is -1.39. The summed E-state index contributed by atoms with van der Waals surface area (Å²) in [5.74, 6) is 0.120. The van der Waals surface area contributed by atoms with Crippen LogP contribution in [-0.4, -0.2) is 37.5 Å². The second-order valence-electron chi connectivity index (χ2n) is 4.49. The molecule has 0 saturated carbocycles. The van der Waals surface area contributed by atoms with Crippen LogP contribution in [0, 0.1) is 12.3 Å². The zero-order valence-corrected chi connectivity index (χ0v) is 11.5. The zero-order chi connectivity index (χ0) is 13.5. The quantitative estimate of drug-likeness (QED) is 0.439. The summed E-state index contributed by atoms with van der Waals surface area (Å²) >= 11 is 0. The van der Waals surface area contributed by atoms with E-state index in [1.165, 1.54) is 11.1 Å². The average Bonchev–Trinajstić information content (AvgIpc) is 2.32. The topological polar surface area (TPSA) is 62.3 Å². The summed E-state index contributed by atoms with van der Waals surface area (Å²) in [7, 11) is 2.08. The van der Waals surface area contributed by atoms with E-state index in [0.717, 1.165) is 31.9 Å². The number of benzene rings is 1. The van der Waals surface area contributed by atoms with Gasteiger partial charge in [-0.2, -0.15) is 0 Å². The molecule has 1 aromatic carbocycles. The number of hydrogen-bond acceptors (Lipinski definition) is 3. The molecule has 0 heterocycles. The smallest absolute Gasteiger partial charge is 0.122 e. The van der Waals surface area contributed by atoms with Crippen LogP contribution in [0.5, 0.6) is 0 Å². The lowest BCUT2D eigenvalue weighted by atomic mass is 10.0. The largest absolute Gasteiger partial charge is 0.384 e. The molecule has 0 aliphatic rings. The molecule has 0 atom stereocenters. The van der Waals surface area contributed by atoms with Crippen molar-refractivity contribution in [3.8, 4) is 0 Å². The van der Waals surface area contributed by atoms with Crippen LogP contribution in [0.15, 0.2) is 18.2 Å². The summed E-state index contributed by atoms with van der Waals surface area (Å²) in [5, 5.41) is 7.41. The molecule has 4 nitrogen and oxygen atoms in total. The lowest BCUT2D eigenvalue weighted by molar-refractivity contribution is 0.120. The van der Waals surface area contributed by atoms with Gasteiger partial charge in [0.1, 0.15) is 5.84 Å². The molecule has 0 aliphatic heterocycles. The van der Waals surface area contributed by atoms with E-state index in [1.807, 2.05) is 25.1 Å². The fourth-order valence-electron chi connectivity index (χ4n) is 1.78. The molecule has 0 amide bonds. The second-order valence-corrected chi connectivity index (χ2v) is 4.49. The van der Waals surface area contributed by atoms with E-state index in [1.54, 1.807) is 0 Å². The van der Waals surface area contributed by atoms with E-state index in [-0.39, 0.29) is 5.84 Å². The SMILES string of the molecule is CCOCCN(C)Cc1ccc(C(=N)N)cc1C. The Labute approximate surface area is 109 Å². The molecule has 3 N–H and O–H groups in total. The second kappa shape index (κ2) is 7.13. The zero-order valence-electron chi connectivity index (χ0n) is 11.5. The minimum atomic E-state index is 0.120. The third-order valence-electron chi connectivity index (χ3n) is 2.92. The first-order valence-electron chi connectivity index (χ1n) is 6.24. The number of aryl methyl sites for hydroxylation is 1. The molecule has 0 bridgehead atoms. The van der Waals surface area contributed by atoms with E-state index >= 15 is 0 Å². The van der Waals surface area contributed by atoms with Crippen LogP contribution in [0.1, 0.15) is 23.6 Å². The maximum absolute atomic E-state index is 7.41. The van der Waals surface area contributed by atoms with Gasteiger partial charge < -0.3 is 10.5 Å². The van der Waals surface area contributed by atoms with Crippen molar-refractivity contribution < 1.29 is 4.74 Å². The fourth-order valence-corrected chi connectivity index (χ4v) is 1.78. The van der Waals surface area contributed by atoms with Crippen molar-refractivity contribution in [3.05, 3.63) is 34.9 Å². The summed E-state index contributed by atoms with van der Waals surface area (Å²) in [5.41, 5.74) is 8.69. The normalized spacial score (nSPS) is 10.9. The predicted molar refractivity (Wildman–Crippen MR) is 75.0 cm³/mol. The van der Waals surface area contributed by atoms with E-state index in [9.17, 15) is 0 Å². The lowest BCUT2D eigenvalue weighted by Gasteiger charge is -2.18. The van der Waals surface area contributed by atoms with Gasteiger partial charge in [-0.15, -0.1) is 0 Å². The molecule has 0 unspecified atom stereocenters. The van der Waals surface area contributed by atoms with Crippen LogP contribution in [0.4, 0.5) is 0 Å². The number of likely N-dealkylation sites (N-methyl/N-ethyl adjacent to an activating group) is 1. The van der Waals surface area contributed by atoms with Crippen molar-refractivity contribution in [2.45, 2.75) is 20.4 Å². The highest BCUT2D eigenvalue weighted by Gasteiger charge is 2.05. The number of nitrogen functional groups attached to an aromatic ring is 1. The Balaban J connectivity index is 2.59. The van der Waals surface area contributed by atoms with Gasteiger partial charge in [-0.05, 0) is 38.1 Å². The van der Waals surface area contributed by atoms with Crippen LogP contribution in [0.2, 0.25) is 0 Å². The summed E-state index contributed by atoms with van der Waals surface area (Å²) in [6.45, 7) is 7.39. The van der Waals surface area contributed by atoms with Gasteiger partial charge in [0, 0.05) is 25.3 Å². The van der Waals surface area contributed by atoms with Crippen molar-refractivity contribution in [2.75, 3.05) is 26.8 Å². The minimum absolute atomic E-state index is 0.120. The summed E-state index contributed by atoms with van der Waals surface area (Å²) in [6.07, 6.45) is 0. The van der Waals surface area contributed by atoms with Crippen molar-refractivity contribution in [1.29, 1.82) is 5.41 Å². The lowest BCUT2D eigenvalue weighted by Crippen LogP contribution is -2.23. The molecule has 0 aromatic heterocycles. The predicted octanol–water partition coefficient (Wildman–Crippen LogP) is 1.75. The van der Waals surface area contributed by atoms with E-state index < -0.39 is 0 Å². The first-order valence-corrected chi connectivity index (χ1v) is 6.24. The molecule has 1 rings (SSSR count). The molecular weight excluding hydrogens is 226 g/mol. The molecule has 0 saturated heterocycles. The molecule has 1 aromatic rings. The molecule has 4 heteroatoms. The van der Waals surface area contributed by atoms with Crippen LogP contribution in [-0.2, 0) is 11.3 Å². The Morgan fingerprint density at radius 3 is 2.72 bits per heavy atom. The Kier molecular flexibility index (Phi) is 5.82. The van der Waals surface area contributed by atoms with Crippen molar-refractivity contribution in [1.82, 2.24) is 4.90 Å². The first kappa shape index (κ1) is 14.7. The van der Waals surface area contributed by atoms with Crippen molar-refractivity contribution >= 4 is 5.84 Å². The maximum atomic E-state index is 7.41. The molecular formula is C14H23N3O. The molecule has 18 heavy (non-hydrogen) atoms. The van der Waals surface area contributed by atoms with Gasteiger partial charge in [-0.25, -0.2) is 0 Å². The third kappa shape index (κ3) is 4.47. The van der Waals surface area contributed by atoms with E-state index in [4.69, 9.17) is 15.9 Å². The standard InChI is InChI=1S/C14H23N3O/c1-4-18-8-7-17(3)10-13-6-5-12(14(15)16)9-11(13)2/h5-6,9H,4,7-8,10H2,1-3H3,(H3,15,16). The van der Waals surface area contributed by atoms with Gasteiger partial charge in [0.2, 0.25) is 0 Å². The molecule has 0 radical (unpaired) electrons. The highest BCUT2D eigenvalue weighted by molar-refractivity contribution is 5.95. The highest BCUT2D eigenvalue weighted by Crippen LogP contribution is 2.12. The number of nitrogens with one attached hydrogen (secondary N) is 1. The first-order chi connectivity index (χ1) is 8.54. The Morgan fingerprint density at radius 1 is 1.44 bits per heavy atom. The van der Waals surface area contributed by atoms with Crippen LogP contribution in [0.25, 0.3) is 0 Å². The van der Waals surface area contributed by atoms with Crippen molar-refractivity contribution in [3.63, 3.8) is 0 Å². The number of ether oxygens (including phenoxy) is 1. The average molecular weight is 249 g/mol. The molecule has 100 valence electrons. The Bertz CT molecular complexity index is 404. The van der Waals surface area contributed by atoms with Gasteiger partial charge in [0.05, 0.1) is 6.61 Å². The molecule has 0 fully saturated rings. The third-order valence-corrected chi connectivity index (χ3v) is 2.92. The molecule has 0 spiro atoms. The number of nitrogens with two attached hydrogens (primary N) is 1. The number of nitrogens with zero attached hydrogens (tertiary/aromatic N) is 1. The van der Waals surface area contributed by atoms with Crippen LogP contribution < -0.4 is 5.73 Å². The van der Waals surface area contributed by atoms with Crippen LogP contribution >= 0.6 is 0 Å². The van der Waals surface area contributed by atoms with Gasteiger partial charge in [0.25, 0.3) is 0 Å². The maximum Gasteiger partial charge on any atom is 0.122 e. The summed E-state index contributed by atoms with van der Waals surface area (Å²) in [4.78, 5) is 2.23. The van der Waals surface area contributed by atoms with Gasteiger partial charge in [-0.3, -0.25) is 10.3 Å². The molecule has 0 aliphatic carbocycles. The monoisotopic (exact) mass is 249 g/mol.